The molecule has 2 atom stereocenters. The van der Waals surface area contributed by atoms with Gasteiger partial charge in [-0.3, -0.25) is 4.79 Å². The Kier molecular flexibility index (Phi) is 4.01. The highest BCUT2D eigenvalue weighted by atomic mass is 35.5. The molecule has 2 aromatic heterocycles. The number of imidazole rings is 1. The van der Waals surface area contributed by atoms with Crippen LogP contribution >= 0.6 is 11.6 Å². The third kappa shape index (κ3) is 3.14. The number of fused-ring (bicyclic) bond motifs is 5. The van der Waals surface area contributed by atoms with Gasteiger partial charge in [0.2, 0.25) is 10.0 Å². The Labute approximate surface area is 151 Å². The SMILES string of the molecule is CS(=O)(=O)N1C[C@H]2CC[C@@H](C1)N(C(=O)c1cn3cc(Cl)ccc3n1)C2. The van der Waals surface area contributed by atoms with Crippen LogP contribution in [0.2, 0.25) is 5.02 Å². The average Bonchev–Trinajstić information content (AvgIpc) is 2.74. The van der Waals surface area contributed by atoms with Crippen LogP contribution in [-0.2, 0) is 10.0 Å². The summed E-state index contributed by atoms with van der Waals surface area (Å²) < 4.78 is 27.1. The summed E-state index contributed by atoms with van der Waals surface area (Å²) in [6.07, 6.45) is 6.38. The van der Waals surface area contributed by atoms with Gasteiger partial charge in [-0.1, -0.05) is 11.6 Å². The molecular weight excluding hydrogens is 364 g/mol. The summed E-state index contributed by atoms with van der Waals surface area (Å²) in [6, 6.07) is 3.39. The van der Waals surface area contributed by atoms with Gasteiger partial charge in [0.25, 0.3) is 5.91 Å². The van der Waals surface area contributed by atoms with E-state index < -0.39 is 10.0 Å². The summed E-state index contributed by atoms with van der Waals surface area (Å²) in [5.74, 6) is 0.0220. The minimum atomic E-state index is -3.25. The number of carbonyl (C=O) groups is 1. The van der Waals surface area contributed by atoms with Gasteiger partial charge < -0.3 is 9.30 Å². The monoisotopic (exact) mass is 382 g/mol. The van der Waals surface area contributed by atoms with Crippen molar-refractivity contribution in [1.29, 1.82) is 0 Å². The minimum Gasteiger partial charge on any atom is -0.333 e. The Hall–Kier alpha value is -1.64. The number of piperidine rings is 1. The molecule has 7 nitrogen and oxygen atoms in total. The fourth-order valence-electron chi connectivity index (χ4n) is 3.77. The van der Waals surface area contributed by atoms with E-state index in [2.05, 4.69) is 4.98 Å². The molecule has 9 heteroatoms. The number of hydrogen-bond donors (Lipinski definition) is 0. The van der Waals surface area contributed by atoms with Crippen molar-refractivity contribution in [3.63, 3.8) is 0 Å². The van der Waals surface area contributed by atoms with Crippen molar-refractivity contribution in [3.05, 3.63) is 35.2 Å². The van der Waals surface area contributed by atoms with Crippen LogP contribution < -0.4 is 0 Å². The van der Waals surface area contributed by atoms with Gasteiger partial charge >= 0.3 is 0 Å². The van der Waals surface area contributed by atoms with E-state index in [-0.39, 0.29) is 17.9 Å². The lowest BCUT2D eigenvalue weighted by molar-refractivity contribution is 0.0583. The van der Waals surface area contributed by atoms with Crippen LogP contribution in [0, 0.1) is 5.92 Å². The first kappa shape index (κ1) is 16.8. The van der Waals surface area contributed by atoms with Crippen molar-refractivity contribution in [2.75, 3.05) is 25.9 Å². The molecule has 3 fully saturated rings. The molecule has 0 unspecified atom stereocenters. The molecule has 2 bridgehead atoms. The molecule has 0 aliphatic carbocycles. The number of sulfonamides is 1. The molecule has 5 rings (SSSR count). The molecule has 0 aromatic carbocycles. The predicted octanol–water partition coefficient (Wildman–Crippen LogP) is 1.48. The predicted molar refractivity (Wildman–Crippen MR) is 94.2 cm³/mol. The Morgan fingerprint density at radius 1 is 1.20 bits per heavy atom. The molecule has 0 saturated carbocycles. The minimum absolute atomic E-state index is 0.102. The molecule has 25 heavy (non-hydrogen) atoms. The fourth-order valence-corrected chi connectivity index (χ4v) is 4.87. The van der Waals surface area contributed by atoms with Crippen LogP contribution in [0.1, 0.15) is 23.3 Å². The number of hydrogen-bond acceptors (Lipinski definition) is 4. The van der Waals surface area contributed by atoms with E-state index in [1.165, 1.54) is 10.6 Å². The Balaban J connectivity index is 1.63. The molecule has 0 N–H and O–H groups in total. The fraction of sp³-hybridized carbons (Fsp3) is 0.500. The maximum atomic E-state index is 13.0. The van der Waals surface area contributed by atoms with E-state index in [1.54, 1.807) is 33.8 Å². The number of nitrogens with zero attached hydrogens (tertiary/aromatic N) is 4. The van der Waals surface area contributed by atoms with Crippen LogP contribution in [0.5, 0.6) is 0 Å². The largest absolute Gasteiger partial charge is 0.333 e. The Morgan fingerprint density at radius 2 is 2.00 bits per heavy atom. The van der Waals surface area contributed by atoms with Crippen molar-refractivity contribution in [2.45, 2.75) is 18.9 Å². The van der Waals surface area contributed by atoms with Crippen LogP contribution in [0.4, 0.5) is 0 Å². The normalized spacial score (nSPS) is 24.6. The van der Waals surface area contributed by atoms with Crippen LogP contribution in [0.25, 0.3) is 5.65 Å². The van der Waals surface area contributed by atoms with Gasteiger partial charge in [-0.25, -0.2) is 13.4 Å². The molecule has 3 aliphatic heterocycles. The molecule has 0 radical (unpaired) electrons. The topological polar surface area (TPSA) is 75.0 Å². The van der Waals surface area contributed by atoms with Crippen molar-refractivity contribution in [3.8, 4) is 0 Å². The van der Waals surface area contributed by atoms with Crippen LogP contribution in [-0.4, -0.2) is 64.8 Å². The zero-order valence-corrected chi connectivity index (χ0v) is 15.4. The first-order valence-electron chi connectivity index (χ1n) is 8.21. The zero-order chi connectivity index (χ0) is 17.8. The third-order valence-electron chi connectivity index (χ3n) is 5.04. The maximum Gasteiger partial charge on any atom is 0.274 e. The molecule has 3 saturated heterocycles. The van der Waals surface area contributed by atoms with Gasteiger partial charge in [-0.2, -0.15) is 4.31 Å². The molecule has 5 heterocycles. The first-order chi connectivity index (χ1) is 11.8. The molecule has 2 aromatic rings. The number of amides is 1. The third-order valence-corrected chi connectivity index (χ3v) is 6.50. The lowest BCUT2D eigenvalue weighted by atomic mass is 9.95. The lowest BCUT2D eigenvalue weighted by Crippen LogP contribution is -2.47. The second-order valence-electron chi connectivity index (χ2n) is 6.87. The second-order valence-corrected chi connectivity index (χ2v) is 9.29. The number of halogens is 1. The van der Waals surface area contributed by atoms with Crippen molar-refractivity contribution < 1.29 is 13.2 Å². The van der Waals surface area contributed by atoms with E-state index in [4.69, 9.17) is 11.6 Å². The van der Waals surface area contributed by atoms with Gasteiger partial charge in [0, 0.05) is 38.1 Å². The van der Waals surface area contributed by atoms with Crippen LogP contribution in [0.3, 0.4) is 0 Å². The smallest absolute Gasteiger partial charge is 0.274 e. The molecule has 1 amide bonds. The summed E-state index contributed by atoms with van der Waals surface area (Å²) in [7, 11) is -3.25. The van der Waals surface area contributed by atoms with Crippen molar-refractivity contribution >= 4 is 33.2 Å². The summed E-state index contributed by atoms with van der Waals surface area (Å²) >= 11 is 5.98. The second kappa shape index (κ2) is 5.96. The summed E-state index contributed by atoms with van der Waals surface area (Å²) in [6.45, 7) is 1.42. The van der Waals surface area contributed by atoms with Gasteiger partial charge in [-0.05, 0) is 30.9 Å². The Morgan fingerprint density at radius 3 is 2.76 bits per heavy atom. The van der Waals surface area contributed by atoms with Gasteiger partial charge in [0.15, 0.2) is 0 Å². The number of aromatic nitrogens is 2. The van der Waals surface area contributed by atoms with E-state index >= 15 is 0 Å². The van der Waals surface area contributed by atoms with Gasteiger partial charge in [0.1, 0.15) is 11.3 Å². The molecular formula is C16H19ClN4O3S. The van der Waals surface area contributed by atoms with Crippen molar-refractivity contribution in [2.24, 2.45) is 5.92 Å². The number of carbonyl (C=O) groups excluding carboxylic acids is 1. The summed E-state index contributed by atoms with van der Waals surface area (Å²) in [5, 5.41) is 0.571. The van der Waals surface area contributed by atoms with E-state index in [1.807, 2.05) is 0 Å². The molecule has 134 valence electrons. The van der Waals surface area contributed by atoms with Gasteiger partial charge in [-0.15, -0.1) is 0 Å². The van der Waals surface area contributed by atoms with E-state index in [0.717, 1.165) is 12.8 Å². The van der Waals surface area contributed by atoms with E-state index in [9.17, 15) is 13.2 Å². The quantitative estimate of drug-likeness (QED) is 0.788. The average molecular weight is 383 g/mol. The maximum absolute atomic E-state index is 13.0. The van der Waals surface area contributed by atoms with Gasteiger partial charge in [0.05, 0.1) is 11.3 Å². The summed E-state index contributed by atoms with van der Waals surface area (Å²) in [4.78, 5) is 19.2. The standard InChI is InChI=1S/C16H19ClN4O3S/c1-25(23,24)20-6-11-2-4-13(9-20)21(7-11)16(22)14-10-19-8-12(17)3-5-15(19)18-14/h3,5,8,10-11,13H,2,4,6-7,9H2,1H3/t11-,13+/m1/s1. The van der Waals surface area contributed by atoms with Crippen LogP contribution in [0.15, 0.2) is 24.5 Å². The van der Waals surface area contributed by atoms with Crippen molar-refractivity contribution in [1.82, 2.24) is 18.6 Å². The number of rotatable bonds is 2. The Bertz CT molecular complexity index is 942. The number of pyridine rings is 1. The molecule has 0 spiro atoms. The zero-order valence-electron chi connectivity index (χ0n) is 13.8. The lowest BCUT2D eigenvalue weighted by Gasteiger charge is -2.35. The first-order valence-corrected chi connectivity index (χ1v) is 10.4. The highest BCUT2D eigenvalue weighted by Crippen LogP contribution is 2.30. The highest BCUT2D eigenvalue weighted by molar-refractivity contribution is 7.88. The highest BCUT2D eigenvalue weighted by Gasteiger charge is 2.40. The summed E-state index contributed by atoms with van der Waals surface area (Å²) in [5.41, 5.74) is 1.02. The van der Waals surface area contributed by atoms with E-state index in [0.29, 0.717) is 36.0 Å². The molecule has 3 aliphatic rings.